The Morgan fingerprint density at radius 2 is 1.75 bits per heavy atom. The second kappa shape index (κ2) is 13.0. The van der Waals surface area contributed by atoms with Crippen molar-refractivity contribution in [3.63, 3.8) is 0 Å². The van der Waals surface area contributed by atoms with Crippen LogP contribution in [0.1, 0.15) is 43.9 Å². The van der Waals surface area contributed by atoms with E-state index >= 15 is 0 Å². The van der Waals surface area contributed by atoms with E-state index in [-0.39, 0.29) is 35.6 Å². The molecule has 0 bridgehead atoms. The van der Waals surface area contributed by atoms with Crippen molar-refractivity contribution in [1.82, 2.24) is 5.32 Å². The molecule has 0 aliphatic carbocycles. The molecule has 3 aromatic carbocycles. The van der Waals surface area contributed by atoms with E-state index in [9.17, 15) is 13.2 Å². The van der Waals surface area contributed by atoms with Gasteiger partial charge in [0.15, 0.2) is 21.5 Å². The Morgan fingerprint density at radius 3 is 2.38 bits per heavy atom. The Labute approximate surface area is 243 Å². The first kappa shape index (κ1) is 29.8. The predicted molar refractivity (Wildman–Crippen MR) is 157 cm³/mol. The number of halogens is 1. The fourth-order valence-electron chi connectivity index (χ4n) is 4.43. The average molecular weight is 630 g/mol. The van der Waals surface area contributed by atoms with Crippen LogP contribution < -0.4 is 10.1 Å². The Kier molecular flexibility index (Phi) is 9.65. The predicted octanol–water partition coefficient (Wildman–Crippen LogP) is 4.86. The van der Waals surface area contributed by atoms with E-state index in [0.717, 1.165) is 4.47 Å². The van der Waals surface area contributed by atoms with Crippen LogP contribution in [-0.2, 0) is 19.4 Å². The molecule has 0 saturated carbocycles. The van der Waals surface area contributed by atoms with Crippen molar-refractivity contribution in [3.05, 3.63) is 94.5 Å². The van der Waals surface area contributed by atoms with Gasteiger partial charge in [0.05, 0.1) is 17.3 Å². The third kappa shape index (κ3) is 6.92. The molecule has 2 N–H and O–H groups in total. The minimum atomic E-state index is -3.71. The second-order valence-corrected chi connectivity index (χ2v) is 12.9. The molecule has 212 valence electrons. The Hall–Kier alpha value is -3.21. The van der Waals surface area contributed by atoms with Gasteiger partial charge in [-0.1, -0.05) is 46.3 Å². The topological polar surface area (TPSA) is 114 Å². The number of aliphatic hydroxyl groups is 1. The molecule has 3 aromatic rings. The average Bonchev–Trinajstić information content (AvgIpc) is 3.34. The van der Waals surface area contributed by atoms with Gasteiger partial charge in [0.2, 0.25) is 5.90 Å². The summed E-state index contributed by atoms with van der Waals surface area (Å²) in [5.41, 5.74) is -0.213. The Bertz CT molecular complexity index is 1430. The van der Waals surface area contributed by atoms with Crippen LogP contribution in [0.5, 0.6) is 5.75 Å². The summed E-state index contributed by atoms with van der Waals surface area (Å²) in [5.74, 6) is 0.161. The molecule has 2 atom stereocenters. The molecule has 0 saturated heterocycles. The summed E-state index contributed by atoms with van der Waals surface area (Å²) < 4.78 is 39.5. The lowest BCUT2D eigenvalue weighted by Gasteiger charge is -2.31. The number of rotatable bonds is 12. The van der Waals surface area contributed by atoms with Crippen LogP contribution in [0, 0.1) is 0 Å². The molecule has 1 aliphatic rings. The number of carbonyl (C=O) groups excluding carboxylic acids is 1. The maximum atomic E-state index is 13.9. The van der Waals surface area contributed by atoms with Crippen LogP contribution in [-0.4, -0.2) is 55.9 Å². The summed E-state index contributed by atoms with van der Waals surface area (Å²) in [4.78, 5) is 19.0. The molecule has 10 heteroatoms. The Morgan fingerprint density at radius 1 is 1.07 bits per heavy atom. The lowest BCUT2D eigenvalue weighted by molar-refractivity contribution is -0.129. The molecule has 0 radical (unpaired) electrons. The largest absolute Gasteiger partial charge is 0.494 e. The fraction of sp³-hybridized carbons (Fsp3) is 0.333. The smallest absolute Gasteiger partial charge is 0.252 e. The lowest BCUT2D eigenvalue weighted by atomic mass is 9.85. The number of aliphatic imine (C=N–C) groups is 1. The quantitative estimate of drug-likeness (QED) is 0.277. The van der Waals surface area contributed by atoms with Gasteiger partial charge in [0, 0.05) is 35.5 Å². The summed E-state index contributed by atoms with van der Waals surface area (Å²) in [6.45, 7) is 4.11. The molecule has 0 fully saturated rings. The minimum Gasteiger partial charge on any atom is -0.494 e. The monoisotopic (exact) mass is 628 g/mol. The normalized spacial score (nSPS) is 18.7. The van der Waals surface area contributed by atoms with Crippen molar-refractivity contribution < 1.29 is 27.8 Å². The third-order valence-corrected chi connectivity index (χ3v) is 8.74. The van der Waals surface area contributed by atoms with Crippen LogP contribution in [0.4, 0.5) is 0 Å². The lowest BCUT2D eigenvalue weighted by Crippen LogP contribution is -2.51. The Balaban J connectivity index is 1.75. The number of aliphatic hydroxyl groups excluding tert-OH is 1. The molecule has 1 aliphatic heterocycles. The van der Waals surface area contributed by atoms with Crippen molar-refractivity contribution in [2.75, 3.05) is 19.0 Å². The molecular formula is C30H33BrN2O6S. The number of carbonyl (C=O) groups is 1. The number of nitrogens with one attached hydrogen (secondary N) is 1. The van der Waals surface area contributed by atoms with Crippen LogP contribution in [0.2, 0.25) is 0 Å². The molecule has 4 rings (SSSR count). The van der Waals surface area contributed by atoms with Crippen molar-refractivity contribution in [2.45, 2.75) is 49.3 Å². The maximum absolute atomic E-state index is 13.9. The summed E-state index contributed by atoms with van der Waals surface area (Å²) in [6.07, 6.45) is -0.429. The number of amides is 1. The first-order chi connectivity index (χ1) is 19.1. The number of hydrogen-bond acceptors (Lipinski definition) is 7. The van der Waals surface area contributed by atoms with Crippen LogP contribution >= 0.6 is 15.9 Å². The number of nitrogens with zero attached hydrogens (tertiary/aromatic N) is 1. The highest BCUT2D eigenvalue weighted by atomic mass is 79.9. The van der Waals surface area contributed by atoms with E-state index in [4.69, 9.17) is 19.6 Å². The van der Waals surface area contributed by atoms with Gasteiger partial charge in [-0.3, -0.25) is 4.79 Å². The zero-order valence-electron chi connectivity index (χ0n) is 22.4. The molecular weight excluding hydrogens is 596 g/mol. The van der Waals surface area contributed by atoms with E-state index < -0.39 is 27.4 Å². The van der Waals surface area contributed by atoms with Gasteiger partial charge in [-0.15, -0.1) is 0 Å². The first-order valence-electron chi connectivity index (χ1n) is 13.1. The summed E-state index contributed by atoms with van der Waals surface area (Å²) in [7, 11) is -3.71. The van der Waals surface area contributed by atoms with Crippen LogP contribution in [0.15, 0.2) is 93.2 Å². The zero-order chi connectivity index (χ0) is 28.8. The zero-order valence-corrected chi connectivity index (χ0v) is 24.8. The standard InChI is InChI=1S/C30H33BrN2O6S/c1-21(2)32-29(35)30(17-20-40(36,37)26-7-4-3-5-8-26)27(22-9-13-24(31)14-10-22)39-28(33-30)23-11-15-25(16-12-23)38-19-6-18-34/h3-5,7-16,21,27,34H,6,17-20H2,1-2H3,(H,32,35)/t27-,30-/m1/s1. The van der Waals surface area contributed by atoms with Gasteiger partial charge < -0.3 is 19.9 Å². The molecule has 1 heterocycles. The van der Waals surface area contributed by atoms with E-state index in [1.165, 1.54) is 0 Å². The molecule has 0 unspecified atom stereocenters. The van der Waals surface area contributed by atoms with Gasteiger partial charge in [-0.25, -0.2) is 13.4 Å². The van der Waals surface area contributed by atoms with E-state index in [0.29, 0.717) is 29.9 Å². The van der Waals surface area contributed by atoms with Crippen molar-refractivity contribution in [1.29, 1.82) is 0 Å². The number of benzene rings is 3. The maximum Gasteiger partial charge on any atom is 0.252 e. The molecule has 40 heavy (non-hydrogen) atoms. The number of sulfone groups is 1. The number of ether oxygens (including phenoxy) is 2. The minimum absolute atomic E-state index is 0.0424. The second-order valence-electron chi connectivity index (χ2n) is 9.85. The van der Waals surface area contributed by atoms with Gasteiger partial charge in [0.1, 0.15) is 5.75 Å². The van der Waals surface area contributed by atoms with Crippen molar-refractivity contribution in [2.24, 2.45) is 4.99 Å². The van der Waals surface area contributed by atoms with Gasteiger partial charge in [0.25, 0.3) is 5.91 Å². The fourth-order valence-corrected chi connectivity index (χ4v) is 6.08. The molecule has 0 aromatic heterocycles. The number of hydrogen-bond donors (Lipinski definition) is 2. The van der Waals surface area contributed by atoms with Gasteiger partial charge >= 0.3 is 0 Å². The summed E-state index contributed by atoms with van der Waals surface area (Å²) in [5, 5.41) is 11.9. The van der Waals surface area contributed by atoms with E-state index in [1.807, 2.05) is 38.1 Å². The third-order valence-electron chi connectivity index (χ3n) is 6.48. The molecule has 0 spiro atoms. The highest BCUT2D eigenvalue weighted by molar-refractivity contribution is 9.10. The summed E-state index contributed by atoms with van der Waals surface area (Å²) in [6, 6.07) is 22.5. The molecule has 1 amide bonds. The van der Waals surface area contributed by atoms with Crippen molar-refractivity contribution in [3.8, 4) is 5.75 Å². The van der Waals surface area contributed by atoms with Crippen molar-refractivity contribution >= 4 is 37.6 Å². The first-order valence-corrected chi connectivity index (χ1v) is 15.5. The van der Waals surface area contributed by atoms with E-state index in [2.05, 4.69) is 21.2 Å². The van der Waals surface area contributed by atoms with Crippen LogP contribution in [0.3, 0.4) is 0 Å². The van der Waals surface area contributed by atoms with E-state index in [1.54, 1.807) is 54.6 Å². The van der Waals surface area contributed by atoms with Crippen LogP contribution in [0.25, 0.3) is 0 Å². The molecule has 8 nitrogen and oxygen atoms in total. The van der Waals surface area contributed by atoms with Gasteiger partial charge in [-0.05, 0) is 67.9 Å². The van der Waals surface area contributed by atoms with Gasteiger partial charge in [-0.2, -0.15) is 0 Å². The summed E-state index contributed by atoms with van der Waals surface area (Å²) >= 11 is 3.45. The highest BCUT2D eigenvalue weighted by Crippen LogP contribution is 2.43. The SMILES string of the molecule is CC(C)NC(=O)[C@]1(CCS(=O)(=O)c2ccccc2)N=C(c2ccc(OCCCO)cc2)O[C@@H]1c1ccc(Br)cc1. The highest BCUT2D eigenvalue weighted by Gasteiger charge is 2.53.